The molecule has 29 atom stereocenters. The third-order valence-electron chi connectivity index (χ3n) is 17.0. The quantitative estimate of drug-likeness (QED) is 0.00518. The fourth-order valence-corrected chi connectivity index (χ4v) is 12.8. The molecule has 0 saturated carbocycles. The van der Waals surface area contributed by atoms with Crippen LogP contribution in [0.4, 0.5) is 0 Å². The summed E-state index contributed by atoms with van der Waals surface area (Å²) < 4.78 is 74.0. The predicted octanol–water partition coefficient (Wildman–Crippen LogP) is -6.38. The number of rotatable bonds is 39. The van der Waals surface area contributed by atoms with Gasteiger partial charge in [0.2, 0.25) is 30.3 Å². The summed E-state index contributed by atoms with van der Waals surface area (Å²) in [5.41, 5.74) is -0.0437. The van der Waals surface area contributed by atoms with Gasteiger partial charge in [-0.25, -0.2) is 48.5 Å². The van der Waals surface area contributed by atoms with E-state index in [9.17, 15) is 94.5 Å². The maximum Gasteiger partial charge on any atom is 0.338 e. The SMILES string of the molecule is C=C(C)C(=O)OCC(O)COC(=O)C1OC(OO[C@H]2C[C@H](NC(C)=O)[C@H](O[C@@H]3CC(O)C(C)OC3C(=O)OCC(O)COC(=O)C(C)CSCCCCS)O[C@H]2CO)C(O)C(O)[C@H]1O[C@@H]1O[C@@H](CO)[C@@H](OOC2OC(C(=O)O)[C@H](O[C@@H]3O[C@@H](CO)[C@@H](OOC)C[C@@H]3NC(C)=O)C(O)C2O)C[C@@H]1NC(C)=O. The number of amides is 3. The fourth-order valence-electron chi connectivity index (χ4n) is 11.5. The zero-order valence-electron chi connectivity index (χ0n) is 58.6. The summed E-state index contributed by atoms with van der Waals surface area (Å²) in [4.78, 5) is 135. The van der Waals surface area contributed by atoms with Gasteiger partial charge in [0.15, 0.2) is 37.2 Å². The van der Waals surface area contributed by atoms with Crippen molar-refractivity contribution >= 4 is 72.0 Å². The van der Waals surface area contributed by atoms with Gasteiger partial charge in [-0.3, -0.25) is 19.2 Å². The Kier molecular flexibility index (Phi) is 37.0. The van der Waals surface area contributed by atoms with Gasteiger partial charge in [0.05, 0.1) is 63.2 Å². The summed E-state index contributed by atoms with van der Waals surface area (Å²) in [6.07, 6.45) is -43.4. The number of aliphatic carboxylic acids is 1. The highest BCUT2D eigenvalue weighted by atomic mass is 32.2. The van der Waals surface area contributed by atoms with Crippen molar-refractivity contribution in [2.75, 3.05) is 70.6 Å². The molecule has 6 saturated heterocycles. The van der Waals surface area contributed by atoms with Gasteiger partial charge in [-0.2, -0.15) is 24.4 Å². The first-order valence-electron chi connectivity index (χ1n) is 33.7. The molecule has 14 unspecified atom stereocenters. The number of aliphatic hydroxyl groups is 10. The van der Waals surface area contributed by atoms with Crippen LogP contribution in [0.15, 0.2) is 12.2 Å². The Morgan fingerprint density at radius 1 is 0.533 bits per heavy atom. The van der Waals surface area contributed by atoms with Crippen LogP contribution in [0.1, 0.15) is 80.1 Å². The molecule has 0 aromatic heterocycles. The number of aliphatic hydroxyl groups excluding tert-OH is 10. The first-order chi connectivity index (χ1) is 49.8. The minimum atomic E-state index is -2.35. The van der Waals surface area contributed by atoms with Crippen LogP contribution in [0, 0.1) is 5.92 Å². The van der Waals surface area contributed by atoms with Crippen molar-refractivity contribution in [3.8, 4) is 0 Å². The van der Waals surface area contributed by atoms with Crippen molar-refractivity contribution in [1.82, 2.24) is 16.0 Å². The highest BCUT2D eigenvalue weighted by Crippen LogP contribution is 2.36. The lowest BCUT2D eigenvalue weighted by Gasteiger charge is -2.46. The van der Waals surface area contributed by atoms with Crippen LogP contribution in [0.2, 0.25) is 0 Å². The number of thioether (sulfide) groups is 1. The average Bonchev–Trinajstić information content (AvgIpc) is 0.782. The highest BCUT2D eigenvalue weighted by molar-refractivity contribution is 7.99. The molecule has 43 heteroatoms. The Balaban J connectivity index is 1.14. The molecule has 6 fully saturated rings. The van der Waals surface area contributed by atoms with Crippen LogP contribution in [-0.4, -0.2) is 346 Å². The highest BCUT2D eigenvalue weighted by Gasteiger charge is 2.57. The molecule has 0 radical (unpaired) electrons. The largest absolute Gasteiger partial charge is 0.479 e. The number of carbonyl (C=O) groups excluding carboxylic acids is 7. The summed E-state index contributed by atoms with van der Waals surface area (Å²) in [7, 11) is 1.18. The van der Waals surface area contributed by atoms with Crippen molar-refractivity contribution in [1.29, 1.82) is 0 Å². The number of unbranched alkanes of at least 4 members (excludes halogenated alkanes) is 1. The first kappa shape index (κ1) is 89.1. The number of ether oxygens (including phenoxy) is 13. The topological polar surface area (TPSA) is 571 Å². The lowest BCUT2D eigenvalue weighted by atomic mass is 9.97. The lowest BCUT2D eigenvalue weighted by molar-refractivity contribution is -0.461. The minimum Gasteiger partial charge on any atom is -0.479 e. The molecule has 6 rings (SSSR count). The summed E-state index contributed by atoms with van der Waals surface area (Å²) in [5.74, 6) is -6.34. The molecule has 6 aliphatic heterocycles. The van der Waals surface area contributed by atoms with E-state index >= 15 is 0 Å². The Morgan fingerprint density at radius 3 is 1.40 bits per heavy atom. The second-order valence-electron chi connectivity index (χ2n) is 25.6. The number of carbonyl (C=O) groups is 8. The minimum absolute atomic E-state index is 0.0437. The third kappa shape index (κ3) is 26.2. The summed E-state index contributed by atoms with van der Waals surface area (Å²) >= 11 is 5.76. The Hall–Kier alpha value is -4.80. The van der Waals surface area contributed by atoms with Gasteiger partial charge in [-0.05, 0) is 38.2 Å². The van der Waals surface area contributed by atoms with Gasteiger partial charge < -0.3 is 134 Å². The van der Waals surface area contributed by atoms with Crippen LogP contribution in [0.5, 0.6) is 0 Å². The molecule has 3 amide bonds. The molecule has 6 aliphatic rings. The van der Waals surface area contributed by atoms with E-state index in [1.54, 1.807) is 18.7 Å². The molecule has 105 heavy (non-hydrogen) atoms. The average molecular weight is 1560 g/mol. The molecule has 14 N–H and O–H groups in total. The number of hydrogen-bond donors (Lipinski definition) is 15. The fraction of sp³-hybridized carbons (Fsp3) is 0.839. The first-order valence-corrected chi connectivity index (χ1v) is 35.5. The number of carboxylic acid groups (broad SMARTS) is 1. The van der Waals surface area contributed by atoms with E-state index in [2.05, 4.69) is 35.2 Å². The van der Waals surface area contributed by atoms with E-state index < -0.39 is 284 Å². The standard InChI is InChI=1S/C62H99N3O38S2/c1-25(2)54(81)86-20-31(72)23-89-57(84)52-50(96-60-35(65-30(7)71)15-39(43(19-68)94-60)100-102-61-46(77)44(75)49(51(97-61)53(79)80)95-59-34(64-29(6)70)13-37(99-85-8)41(17-66)93-59)45(76)47(78)62(98-52)103-101-38-14-33(63-28(5)69)58(92-42(38)18-67)91-40-16-36(74)27(4)90-48(40)56(83)88-22-32(73)21-87-55(82)26(3)24-105-12-10-9-11-104/h26-27,31-52,58-62,66-68,72-78,104H,1,9-24H2,2-8H3,(H,63,69)(H,64,70)(H,65,71)(H,79,80)/t26?,27?,31?,32?,33-,34-,35-,36?,37-,38-,39-,40+,41-,42-,43-,44?,45?,46?,47?,48?,49+,50+,51?,52?,58+,59-,60-,61?,62?/m0/s1. The molecular formula is C62H99N3O38S2. The summed E-state index contributed by atoms with van der Waals surface area (Å²) in [6.45, 7) is 5.79. The van der Waals surface area contributed by atoms with Crippen LogP contribution < -0.4 is 16.0 Å². The number of nitrogens with one attached hydrogen (secondary N) is 3. The summed E-state index contributed by atoms with van der Waals surface area (Å²) in [6, 6.07) is -3.86. The number of thiol groups is 1. The molecule has 41 nitrogen and oxygen atoms in total. The van der Waals surface area contributed by atoms with Crippen molar-refractivity contribution in [2.24, 2.45) is 5.92 Å². The molecule has 0 spiro atoms. The van der Waals surface area contributed by atoms with Crippen molar-refractivity contribution in [3.63, 3.8) is 0 Å². The summed E-state index contributed by atoms with van der Waals surface area (Å²) in [5, 5.41) is 128. The Morgan fingerprint density at radius 2 is 0.962 bits per heavy atom. The zero-order chi connectivity index (χ0) is 77.5. The number of hydrogen-bond acceptors (Lipinski definition) is 39. The van der Waals surface area contributed by atoms with Crippen molar-refractivity contribution in [2.45, 2.75) is 252 Å². The van der Waals surface area contributed by atoms with E-state index in [0.29, 0.717) is 5.75 Å². The molecular weight excluding hydrogens is 1460 g/mol. The van der Waals surface area contributed by atoms with E-state index in [0.717, 1.165) is 45.1 Å². The van der Waals surface area contributed by atoms with E-state index in [4.69, 9.17) is 90.9 Å². The molecule has 0 aromatic carbocycles. The van der Waals surface area contributed by atoms with E-state index in [1.807, 2.05) is 0 Å². The van der Waals surface area contributed by atoms with Crippen LogP contribution in [-0.2, 0) is 129 Å². The maximum atomic E-state index is 14.2. The molecule has 6 heterocycles. The van der Waals surface area contributed by atoms with Gasteiger partial charge >= 0.3 is 29.8 Å². The van der Waals surface area contributed by atoms with Gasteiger partial charge in [0, 0.05) is 57.8 Å². The van der Waals surface area contributed by atoms with Gasteiger partial charge in [0.1, 0.15) is 118 Å². The Bertz CT molecular complexity index is 2790. The monoisotopic (exact) mass is 1560 g/mol. The number of esters is 4. The van der Waals surface area contributed by atoms with Crippen LogP contribution in [0.25, 0.3) is 0 Å². The smallest absolute Gasteiger partial charge is 0.338 e. The van der Waals surface area contributed by atoms with E-state index in [-0.39, 0.29) is 18.4 Å². The maximum absolute atomic E-state index is 14.2. The van der Waals surface area contributed by atoms with E-state index in [1.165, 1.54) is 21.0 Å². The molecule has 0 aromatic rings. The lowest BCUT2D eigenvalue weighted by Crippen LogP contribution is -2.65. The van der Waals surface area contributed by atoms with Crippen molar-refractivity contribution in [3.05, 3.63) is 12.2 Å². The van der Waals surface area contributed by atoms with Gasteiger partial charge in [-0.15, -0.1) is 0 Å². The Labute approximate surface area is 611 Å². The molecule has 0 bridgehead atoms. The van der Waals surface area contributed by atoms with Gasteiger partial charge in [0.25, 0.3) is 0 Å². The van der Waals surface area contributed by atoms with Crippen molar-refractivity contribution < 1.29 is 185 Å². The number of carboxylic acids is 1. The normalized spacial score (nSPS) is 35.9. The second kappa shape index (κ2) is 43.6. The van der Waals surface area contributed by atoms with Crippen LogP contribution in [0.3, 0.4) is 0 Å². The molecule has 0 aliphatic carbocycles. The second-order valence-corrected chi connectivity index (χ2v) is 27.2. The van der Waals surface area contributed by atoms with Gasteiger partial charge in [-0.1, -0.05) is 13.5 Å². The zero-order valence-corrected chi connectivity index (χ0v) is 60.3. The third-order valence-corrected chi connectivity index (χ3v) is 18.6. The predicted molar refractivity (Wildman–Crippen MR) is 347 cm³/mol. The molecule has 602 valence electrons. The van der Waals surface area contributed by atoms with Crippen LogP contribution >= 0.6 is 24.4 Å².